The van der Waals surface area contributed by atoms with Crippen molar-refractivity contribution in [3.63, 3.8) is 0 Å². The third kappa shape index (κ3) is 4.51. The first-order valence-corrected chi connectivity index (χ1v) is 8.74. The molecule has 0 heterocycles. The number of likely N-dealkylation sites (N-methyl/N-ethyl adjacent to an activating group) is 1. The summed E-state index contributed by atoms with van der Waals surface area (Å²) < 4.78 is 5.83. The zero-order chi connectivity index (χ0) is 18.4. The first-order valence-electron chi connectivity index (χ1n) is 8.74. The lowest BCUT2D eigenvalue weighted by Crippen LogP contribution is -2.37. The molecule has 0 fully saturated rings. The van der Waals surface area contributed by atoms with E-state index in [4.69, 9.17) is 4.74 Å². The molecule has 26 heavy (non-hydrogen) atoms. The van der Waals surface area contributed by atoms with Crippen LogP contribution in [0.15, 0.2) is 84.9 Å². The van der Waals surface area contributed by atoms with Crippen LogP contribution in [0.2, 0.25) is 0 Å². The van der Waals surface area contributed by atoms with Gasteiger partial charge in [0.15, 0.2) is 6.10 Å². The van der Waals surface area contributed by atoms with Crippen LogP contribution in [-0.2, 0) is 11.3 Å². The maximum absolute atomic E-state index is 12.5. The van der Waals surface area contributed by atoms with Crippen LogP contribution in [0.1, 0.15) is 12.5 Å². The fourth-order valence-corrected chi connectivity index (χ4v) is 2.86. The zero-order valence-corrected chi connectivity index (χ0v) is 15.1. The van der Waals surface area contributed by atoms with Crippen LogP contribution in [0.4, 0.5) is 0 Å². The van der Waals surface area contributed by atoms with Gasteiger partial charge in [-0.05, 0) is 35.7 Å². The van der Waals surface area contributed by atoms with Crippen molar-refractivity contribution in [2.45, 2.75) is 19.6 Å². The molecule has 3 heteroatoms. The molecule has 0 saturated heterocycles. The van der Waals surface area contributed by atoms with E-state index >= 15 is 0 Å². The van der Waals surface area contributed by atoms with Crippen molar-refractivity contribution in [1.82, 2.24) is 4.90 Å². The van der Waals surface area contributed by atoms with Crippen LogP contribution in [0.5, 0.6) is 5.75 Å². The highest BCUT2D eigenvalue weighted by molar-refractivity contribution is 5.80. The molecule has 0 aliphatic heterocycles. The van der Waals surface area contributed by atoms with Crippen LogP contribution in [-0.4, -0.2) is 24.0 Å². The van der Waals surface area contributed by atoms with E-state index in [0.717, 1.165) is 16.7 Å². The summed E-state index contributed by atoms with van der Waals surface area (Å²) in [4.78, 5) is 14.2. The molecule has 0 bridgehead atoms. The number of benzene rings is 3. The Kier molecular flexibility index (Phi) is 5.69. The summed E-state index contributed by atoms with van der Waals surface area (Å²) >= 11 is 0. The van der Waals surface area contributed by atoms with E-state index in [1.54, 1.807) is 18.9 Å². The van der Waals surface area contributed by atoms with E-state index in [1.807, 2.05) is 72.8 Å². The van der Waals surface area contributed by atoms with Gasteiger partial charge in [0.2, 0.25) is 0 Å². The van der Waals surface area contributed by atoms with Crippen molar-refractivity contribution in [3.05, 3.63) is 90.5 Å². The Morgan fingerprint density at radius 2 is 1.38 bits per heavy atom. The fraction of sp³-hybridized carbons (Fsp3) is 0.174. The van der Waals surface area contributed by atoms with Crippen molar-refractivity contribution < 1.29 is 9.53 Å². The molecule has 1 unspecified atom stereocenters. The lowest BCUT2D eigenvalue weighted by atomic mass is 10.1. The van der Waals surface area contributed by atoms with Crippen molar-refractivity contribution in [2.24, 2.45) is 0 Å². The molecule has 0 radical (unpaired) electrons. The zero-order valence-electron chi connectivity index (χ0n) is 15.1. The van der Waals surface area contributed by atoms with Crippen molar-refractivity contribution in [1.29, 1.82) is 0 Å². The quantitative estimate of drug-likeness (QED) is 0.643. The molecule has 3 aromatic rings. The van der Waals surface area contributed by atoms with Crippen molar-refractivity contribution >= 4 is 5.91 Å². The van der Waals surface area contributed by atoms with Crippen LogP contribution >= 0.6 is 0 Å². The summed E-state index contributed by atoms with van der Waals surface area (Å²) in [5.41, 5.74) is 3.38. The number of ether oxygens (including phenoxy) is 1. The van der Waals surface area contributed by atoms with Crippen molar-refractivity contribution in [2.75, 3.05) is 7.05 Å². The Labute approximate surface area is 154 Å². The van der Waals surface area contributed by atoms with E-state index < -0.39 is 6.10 Å². The number of rotatable bonds is 6. The number of carbonyl (C=O) groups excluding carboxylic acids is 1. The largest absolute Gasteiger partial charge is 0.481 e. The maximum atomic E-state index is 12.5. The summed E-state index contributed by atoms with van der Waals surface area (Å²) in [5.74, 6) is 0.652. The minimum absolute atomic E-state index is 0.0408. The van der Waals surface area contributed by atoms with E-state index in [2.05, 4.69) is 12.1 Å². The maximum Gasteiger partial charge on any atom is 0.263 e. The van der Waals surface area contributed by atoms with Crippen LogP contribution in [0.25, 0.3) is 11.1 Å². The number of amides is 1. The Balaban J connectivity index is 1.60. The third-order valence-electron chi connectivity index (χ3n) is 4.26. The van der Waals surface area contributed by atoms with Gasteiger partial charge in [0.25, 0.3) is 5.91 Å². The minimum Gasteiger partial charge on any atom is -0.481 e. The molecule has 132 valence electrons. The standard InChI is InChI=1S/C23H23NO2/c1-18(23(25)24(2)17-19-9-5-3-6-10-19)26-22-15-13-21(14-16-22)20-11-7-4-8-12-20/h3-16,18H,17H2,1-2H3. The van der Waals surface area contributed by atoms with E-state index in [1.165, 1.54) is 0 Å². The first kappa shape index (κ1) is 17.7. The summed E-state index contributed by atoms with van der Waals surface area (Å²) in [5, 5.41) is 0. The van der Waals surface area contributed by atoms with Gasteiger partial charge in [-0.15, -0.1) is 0 Å². The molecule has 1 amide bonds. The summed E-state index contributed by atoms with van der Waals surface area (Å²) in [6.45, 7) is 2.36. The Morgan fingerprint density at radius 3 is 2.00 bits per heavy atom. The van der Waals surface area contributed by atoms with Crippen LogP contribution in [0, 0.1) is 0 Å². The van der Waals surface area contributed by atoms with Gasteiger partial charge in [-0.25, -0.2) is 0 Å². The second-order valence-electron chi connectivity index (χ2n) is 6.33. The molecule has 0 aliphatic carbocycles. The number of hydrogen-bond donors (Lipinski definition) is 0. The van der Waals surface area contributed by atoms with Crippen LogP contribution < -0.4 is 4.74 Å². The lowest BCUT2D eigenvalue weighted by Gasteiger charge is -2.22. The van der Waals surface area contributed by atoms with Gasteiger partial charge in [-0.3, -0.25) is 4.79 Å². The molecular formula is C23H23NO2. The summed E-state index contributed by atoms with van der Waals surface area (Å²) in [6, 6.07) is 27.9. The second-order valence-corrected chi connectivity index (χ2v) is 6.33. The van der Waals surface area contributed by atoms with E-state index in [0.29, 0.717) is 12.3 Å². The molecule has 0 aliphatic rings. The van der Waals surface area contributed by atoms with Gasteiger partial charge in [-0.1, -0.05) is 72.8 Å². The molecule has 0 aromatic heterocycles. The average Bonchev–Trinajstić information content (AvgIpc) is 2.69. The molecular weight excluding hydrogens is 322 g/mol. The van der Waals surface area contributed by atoms with Gasteiger partial charge in [0.05, 0.1) is 0 Å². The predicted molar refractivity (Wildman–Crippen MR) is 105 cm³/mol. The highest BCUT2D eigenvalue weighted by Gasteiger charge is 2.19. The molecule has 1 atom stereocenters. The fourth-order valence-electron chi connectivity index (χ4n) is 2.86. The van der Waals surface area contributed by atoms with Gasteiger partial charge >= 0.3 is 0 Å². The summed E-state index contributed by atoms with van der Waals surface area (Å²) in [6.07, 6.45) is -0.536. The number of nitrogens with zero attached hydrogens (tertiary/aromatic N) is 1. The third-order valence-corrected chi connectivity index (χ3v) is 4.26. The van der Waals surface area contributed by atoms with E-state index in [-0.39, 0.29) is 5.91 Å². The molecule has 0 saturated carbocycles. The van der Waals surface area contributed by atoms with Gasteiger partial charge < -0.3 is 9.64 Å². The van der Waals surface area contributed by atoms with Gasteiger partial charge in [0.1, 0.15) is 5.75 Å². The monoisotopic (exact) mass is 345 g/mol. The van der Waals surface area contributed by atoms with Crippen LogP contribution in [0.3, 0.4) is 0 Å². The number of hydrogen-bond acceptors (Lipinski definition) is 2. The Hall–Kier alpha value is -3.07. The predicted octanol–water partition coefficient (Wildman–Crippen LogP) is 4.78. The molecule has 3 rings (SSSR count). The first-order chi connectivity index (χ1) is 12.6. The smallest absolute Gasteiger partial charge is 0.263 e. The lowest BCUT2D eigenvalue weighted by molar-refractivity contribution is -0.137. The molecule has 0 N–H and O–H groups in total. The molecule has 3 nitrogen and oxygen atoms in total. The number of carbonyl (C=O) groups is 1. The highest BCUT2D eigenvalue weighted by Crippen LogP contribution is 2.22. The van der Waals surface area contributed by atoms with E-state index in [9.17, 15) is 4.79 Å². The normalized spacial score (nSPS) is 11.6. The van der Waals surface area contributed by atoms with Gasteiger partial charge in [0, 0.05) is 13.6 Å². The Bertz CT molecular complexity index is 829. The summed E-state index contributed by atoms with van der Waals surface area (Å²) in [7, 11) is 1.80. The Morgan fingerprint density at radius 1 is 0.846 bits per heavy atom. The second kappa shape index (κ2) is 8.34. The highest BCUT2D eigenvalue weighted by atomic mass is 16.5. The topological polar surface area (TPSA) is 29.5 Å². The SMILES string of the molecule is CC(Oc1ccc(-c2ccccc2)cc1)C(=O)N(C)Cc1ccccc1. The average molecular weight is 345 g/mol. The molecule has 3 aromatic carbocycles. The molecule has 0 spiro atoms. The minimum atomic E-state index is -0.536. The van der Waals surface area contributed by atoms with Crippen molar-refractivity contribution in [3.8, 4) is 16.9 Å². The van der Waals surface area contributed by atoms with Gasteiger partial charge in [-0.2, -0.15) is 0 Å².